The fraction of sp³-hybridized carbons (Fsp3) is 0.367. The van der Waals surface area contributed by atoms with Gasteiger partial charge in [-0.15, -0.1) is 0 Å². The number of nitrogens with zero attached hydrogens (tertiary/aromatic N) is 4. The van der Waals surface area contributed by atoms with E-state index >= 15 is 0 Å². The van der Waals surface area contributed by atoms with E-state index in [2.05, 4.69) is 22.3 Å². The molecule has 1 N–H and O–H groups in total. The van der Waals surface area contributed by atoms with Crippen LogP contribution in [-0.2, 0) is 22.5 Å². The monoisotopic (exact) mass is 529 g/mol. The Bertz CT molecular complexity index is 1440. The van der Waals surface area contributed by atoms with E-state index in [4.69, 9.17) is 24.3 Å². The highest BCUT2D eigenvalue weighted by Gasteiger charge is 2.16. The zero-order valence-electron chi connectivity index (χ0n) is 23.0. The molecule has 1 amide bonds. The summed E-state index contributed by atoms with van der Waals surface area (Å²) in [6, 6.07) is 15.7. The second-order valence-corrected chi connectivity index (χ2v) is 9.80. The maximum Gasteiger partial charge on any atom is 0.224 e. The number of ether oxygens (including phenoxy) is 3. The molecule has 1 fully saturated rings. The zero-order chi connectivity index (χ0) is 27.4. The fourth-order valence-corrected chi connectivity index (χ4v) is 4.96. The molecule has 39 heavy (non-hydrogen) atoms. The molecule has 0 radical (unpaired) electrons. The highest BCUT2D eigenvalue weighted by atomic mass is 16.5. The minimum absolute atomic E-state index is 0.0283. The third-order valence-corrected chi connectivity index (χ3v) is 7.16. The molecule has 204 valence electrons. The molecule has 1 saturated heterocycles. The van der Waals surface area contributed by atoms with Crippen molar-refractivity contribution in [2.24, 2.45) is 0 Å². The van der Waals surface area contributed by atoms with Crippen LogP contribution in [-0.4, -0.2) is 65.9 Å². The molecular weight excluding hydrogens is 494 g/mol. The minimum atomic E-state index is -0.0283. The predicted molar refractivity (Wildman–Crippen MR) is 150 cm³/mol. The Morgan fingerprint density at radius 2 is 1.69 bits per heavy atom. The number of nitrogens with one attached hydrogen (secondary N) is 1. The van der Waals surface area contributed by atoms with Gasteiger partial charge in [0.05, 0.1) is 33.1 Å². The van der Waals surface area contributed by atoms with Gasteiger partial charge in [0.15, 0.2) is 5.65 Å². The van der Waals surface area contributed by atoms with Crippen LogP contribution < -0.4 is 14.8 Å². The summed E-state index contributed by atoms with van der Waals surface area (Å²) in [6.45, 7) is 8.37. The number of benzene rings is 2. The van der Waals surface area contributed by atoms with Gasteiger partial charge in [-0.25, -0.2) is 9.50 Å². The summed E-state index contributed by atoms with van der Waals surface area (Å²) in [6.07, 6.45) is 0.926. The van der Waals surface area contributed by atoms with Gasteiger partial charge in [-0.05, 0) is 55.7 Å². The summed E-state index contributed by atoms with van der Waals surface area (Å²) < 4.78 is 18.1. The predicted octanol–water partition coefficient (Wildman–Crippen LogP) is 4.43. The van der Waals surface area contributed by atoms with Gasteiger partial charge in [0.25, 0.3) is 0 Å². The number of rotatable bonds is 9. The Morgan fingerprint density at radius 1 is 1.00 bits per heavy atom. The number of methoxy groups -OCH3 is 2. The molecule has 2 aromatic carbocycles. The van der Waals surface area contributed by atoms with Crippen molar-refractivity contribution in [2.75, 3.05) is 45.8 Å². The van der Waals surface area contributed by atoms with E-state index in [1.54, 1.807) is 14.2 Å². The van der Waals surface area contributed by atoms with Crippen LogP contribution in [0.2, 0.25) is 0 Å². The average molecular weight is 530 g/mol. The summed E-state index contributed by atoms with van der Waals surface area (Å²) in [5.74, 6) is 1.36. The molecule has 0 saturated carbocycles. The molecule has 4 aromatic rings. The van der Waals surface area contributed by atoms with Crippen molar-refractivity contribution in [3.8, 4) is 22.8 Å². The van der Waals surface area contributed by atoms with Crippen molar-refractivity contribution in [1.29, 1.82) is 0 Å². The molecular formula is C30H35N5O4. The number of aryl methyl sites for hydroxylation is 2. The van der Waals surface area contributed by atoms with E-state index in [9.17, 15) is 4.79 Å². The molecule has 2 aromatic heterocycles. The van der Waals surface area contributed by atoms with Crippen LogP contribution >= 0.6 is 0 Å². The third kappa shape index (κ3) is 6.21. The lowest BCUT2D eigenvalue weighted by molar-refractivity contribution is -0.116. The molecule has 5 rings (SSSR count). The van der Waals surface area contributed by atoms with Crippen LogP contribution in [0.15, 0.2) is 48.5 Å². The number of aromatic nitrogens is 3. The highest BCUT2D eigenvalue weighted by Crippen LogP contribution is 2.30. The Morgan fingerprint density at radius 3 is 2.36 bits per heavy atom. The van der Waals surface area contributed by atoms with Crippen LogP contribution in [0.5, 0.6) is 11.5 Å². The Kier molecular flexibility index (Phi) is 8.09. The van der Waals surface area contributed by atoms with Gasteiger partial charge in [0.1, 0.15) is 11.5 Å². The summed E-state index contributed by atoms with van der Waals surface area (Å²) in [4.78, 5) is 19.9. The van der Waals surface area contributed by atoms with E-state index in [1.165, 1.54) is 5.56 Å². The summed E-state index contributed by atoms with van der Waals surface area (Å²) >= 11 is 0. The second kappa shape index (κ2) is 11.8. The van der Waals surface area contributed by atoms with Crippen LogP contribution in [0.3, 0.4) is 0 Å². The fourth-order valence-electron chi connectivity index (χ4n) is 4.96. The number of morpholine rings is 1. The van der Waals surface area contributed by atoms with Gasteiger partial charge in [-0.3, -0.25) is 9.69 Å². The Labute approximate surface area is 228 Å². The van der Waals surface area contributed by atoms with Gasteiger partial charge in [0, 0.05) is 60.8 Å². The first kappa shape index (κ1) is 26.6. The lowest BCUT2D eigenvalue weighted by Crippen LogP contribution is -2.35. The van der Waals surface area contributed by atoms with Gasteiger partial charge < -0.3 is 19.5 Å². The standard InChI is InChI=1S/C30H35N5O4/c1-20-27(9-10-30(36)32-24-7-5-22(6-8-24)19-34-11-13-39-14-12-34)21(2)35-29(31-20)18-28(33-35)23-15-25(37-3)17-26(16-23)38-4/h5-8,15-18H,9-14,19H2,1-4H3,(H,32,36). The number of hydrogen-bond donors (Lipinski definition) is 1. The normalized spacial score (nSPS) is 13.9. The Hall–Kier alpha value is -3.95. The molecule has 9 nitrogen and oxygen atoms in total. The molecule has 1 aliphatic rings. The lowest BCUT2D eigenvalue weighted by Gasteiger charge is -2.26. The van der Waals surface area contributed by atoms with Crippen LogP contribution in [0, 0.1) is 13.8 Å². The molecule has 0 atom stereocenters. The van der Waals surface area contributed by atoms with Crippen LogP contribution in [0.25, 0.3) is 16.9 Å². The van der Waals surface area contributed by atoms with Crippen LogP contribution in [0.1, 0.15) is 28.9 Å². The molecule has 0 unspecified atom stereocenters. The van der Waals surface area contributed by atoms with Gasteiger partial charge in [-0.1, -0.05) is 12.1 Å². The van der Waals surface area contributed by atoms with E-state index in [0.717, 1.165) is 72.4 Å². The van der Waals surface area contributed by atoms with Crippen molar-refractivity contribution in [1.82, 2.24) is 19.5 Å². The highest BCUT2D eigenvalue weighted by molar-refractivity contribution is 5.90. The number of carbonyl (C=O) groups excluding carboxylic acids is 1. The number of fused-ring (bicyclic) bond motifs is 1. The number of hydrogen-bond acceptors (Lipinski definition) is 7. The molecule has 0 aliphatic carbocycles. The van der Waals surface area contributed by atoms with E-state index in [1.807, 2.05) is 54.8 Å². The van der Waals surface area contributed by atoms with Crippen molar-refractivity contribution in [2.45, 2.75) is 33.2 Å². The van der Waals surface area contributed by atoms with E-state index in [0.29, 0.717) is 24.3 Å². The van der Waals surface area contributed by atoms with Crippen molar-refractivity contribution < 1.29 is 19.0 Å². The van der Waals surface area contributed by atoms with Crippen molar-refractivity contribution >= 4 is 17.2 Å². The second-order valence-electron chi connectivity index (χ2n) is 9.80. The summed E-state index contributed by atoms with van der Waals surface area (Å²) in [7, 11) is 3.25. The van der Waals surface area contributed by atoms with Gasteiger partial charge >= 0.3 is 0 Å². The van der Waals surface area contributed by atoms with E-state index < -0.39 is 0 Å². The largest absolute Gasteiger partial charge is 0.497 e. The maximum absolute atomic E-state index is 12.8. The number of anilines is 1. The molecule has 9 heteroatoms. The van der Waals surface area contributed by atoms with Gasteiger partial charge in [0.2, 0.25) is 5.91 Å². The maximum atomic E-state index is 12.8. The minimum Gasteiger partial charge on any atom is -0.497 e. The summed E-state index contributed by atoms with van der Waals surface area (Å²) in [5, 5.41) is 7.84. The number of amides is 1. The third-order valence-electron chi connectivity index (χ3n) is 7.16. The number of carbonyl (C=O) groups is 1. The topological polar surface area (TPSA) is 90.2 Å². The van der Waals surface area contributed by atoms with Crippen LogP contribution in [0.4, 0.5) is 5.69 Å². The molecule has 0 bridgehead atoms. The van der Waals surface area contributed by atoms with Gasteiger partial charge in [-0.2, -0.15) is 5.10 Å². The smallest absolute Gasteiger partial charge is 0.224 e. The molecule has 0 spiro atoms. The van der Waals surface area contributed by atoms with E-state index in [-0.39, 0.29) is 5.91 Å². The van der Waals surface area contributed by atoms with Crippen molar-refractivity contribution in [3.05, 3.63) is 71.0 Å². The Balaban J connectivity index is 1.25. The lowest BCUT2D eigenvalue weighted by atomic mass is 10.1. The quantitative estimate of drug-likeness (QED) is 0.343. The first-order chi connectivity index (χ1) is 18.9. The molecule has 3 heterocycles. The first-order valence-electron chi connectivity index (χ1n) is 13.2. The summed E-state index contributed by atoms with van der Waals surface area (Å²) in [5.41, 5.74) is 7.34. The SMILES string of the molecule is COc1cc(OC)cc(-c2cc3nc(C)c(CCC(=O)Nc4ccc(CN5CCOCC5)cc4)c(C)n3n2)c1. The van der Waals surface area contributed by atoms with Crippen molar-refractivity contribution in [3.63, 3.8) is 0 Å². The molecule has 1 aliphatic heterocycles. The zero-order valence-corrected chi connectivity index (χ0v) is 23.0. The first-order valence-corrected chi connectivity index (χ1v) is 13.2. The average Bonchev–Trinajstić information content (AvgIpc) is 3.38.